The number of aromatic amines is 1. The molecule has 150 valence electrons. The van der Waals surface area contributed by atoms with Crippen molar-refractivity contribution in [3.05, 3.63) is 59.3 Å². The highest BCUT2D eigenvalue weighted by molar-refractivity contribution is 6.00. The molecular formula is C24H27N3O2. The number of carbonyl (C=O) groups excluding carboxylic acids is 2. The predicted octanol–water partition coefficient (Wildman–Crippen LogP) is 5.32. The molecule has 1 aliphatic rings. The van der Waals surface area contributed by atoms with Gasteiger partial charge < -0.3 is 4.98 Å². The molecule has 4 rings (SSSR count). The van der Waals surface area contributed by atoms with Gasteiger partial charge in [0.1, 0.15) is 5.69 Å². The van der Waals surface area contributed by atoms with E-state index in [1.54, 1.807) is 6.07 Å². The van der Waals surface area contributed by atoms with Gasteiger partial charge in [-0.05, 0) is 48.4 Å². The number of nitrogens with one attached hydrogen (secondary N) is 1. The van der Waals surface area contributed by atoms with Crippen LogP contribution in [0.25, 0.3) is 10.9 Å². The highest BCUT2D eigenvalue weighted by Gasteiger charge is 2.34. The number of H-pyrrole nitrogens is 1. The van der Waals surface area contributed by atoms with Crippen LogP contribution in [0.5, 0.6) is 0 Å². The SMILES string of the molecule is CCC(=O)c1cc(C(=O)C[C@H]2C[C@@H]2C)cc(C(CC)c2cncc3[nH]ccc23)n1. The summed E-state index contributed by atoms with van der Waals surface area (Å²) in [5.41, 5.74) is 3.81. The highest BCUT2D eigenvalue weighted by atomic mass is 16.1. The summed E-state index contributed by atoms with van der Waals surface area (Å²) in [6.07, 6.45) is 8.42. The standard InChI is InChI=1S/C24H27N3O2/c1-4-17(19-12-25-13-22-18(19)6-7-26-22)20-9-16(10-21(27-20)23(28)5-2)24(29)11-15-8-14(15)3/h6-7,9-10,12-15,17,26H,4-5,8,11H2,1-3H3/t14-,15+,17?/m0/s1. The van der Waals surface area contributed by atoms with Crippen LogP contribution in [0.2, 0.25) is 0 Å². The second-order valence-corrected chi connectivity index (χ2v) is 8.17. The van der Waals surface area contributed by atoms with Gasteiger partial charge in [0, 0.05) is 47.8 Å². The van der Waals surface area contributed by atoms with Crippen molar-refractivity contribution >= 4 is 22.5 Å². The Balaban J connectivity index is 1.78. The lowest BCUT2D eigenvalue weighted by Crippen LogP contribution is -2.12. The average molecular weight is 389 g/mol. The number of carbonyl (C=O) groups is 2. The number of nitrogens with zero attached hydrogens (tertiary/aromatic N) is 2. The van der Waals surface area contributed by atoms with Gasteiger partial charge >= 0.3 is 0 Å². The molecule has 0 saturated heterocycles. The third-order valence-corrected chi connectivity index (χ3v) is 6.15. The van der Waals surface area contributed by atoms with Crippen LogP contribution < -0.4 is 0 Å². The van der Waals surface area contributed by atoms with Gasteiger partial charge in [-0.2, -0.15) is 0 Å². The van der Waals surface area contributed by atoms with Gasteiger partial charge in [-0.25, -0.2) is 4.98 Å². The maximum absolute atomic E-state index is 12.9. The lowest BCUT2D eigenvalue weighted by atomic mass is 9.90. The molecular weight excluding hydrogens is 362 g/mol. The topological polar surface area (TPSA) is 75.7 Å². The van der Waals surface area contributed by atoms with Gasteiger partial charge in [-0.15, -0.1) is 0 Å². The molecule has 0 aliphatic heterocycles. The van der Waals surface area contributed by atoms with E-state index in [2.05, 4.69) is 23.8 Å². The van der Waals surface area contributed by atoms with Crippen molar-refractivity contribution in [2.24, 2.45) is 11.8 Å². The fourth-order valence-corrected chi connectivity index (χ4v) is 4.12. The number of aromatic nitrogens is 3. The first-order chi connectivity index (χ1) is 14.0. The van der Waals surface area contributed by atoms with Crippen LogP contribution in [-0.4, -0.2) is 26.5 Å². The number of ketones is 2. The fourth-order valence-electron chi connectivity index (χ4n) is 4.12. The van der Waals surface area contributed by atoms with Crippen LogP contribution >= 0.6 is 0 Å². The molecule has 0 radical (unpaired) electrons. The first kappa shape index (κ1) is 19.5. The van der Waals surface area contributed by atoms with Gasteiger partial charge in [-0.3, -0.25) is 14.6 Å². The number of hydrogen-bond acceptors (Lipinski definition) is 4. The summed E-state index contributed by atoms with van der Waals surface area (Å²) in [4.78, 5) is 37.6. The van der Waals surface area contributed by atoms with E-state index in [9.17, 15) is 9.59 Å². The van der Waals surface area contributed by atoms with Gasteiger partial charge in [-0.1, -0.05) is 20.8 Å². The van der Waals surface area contributed by atoms with E-state index in [4.69, 9.17) is 4.98 Å². The molecule has 3 aromatic heterocycles. The molecule has 0 spiro atoms. The molecule has 3 atom stereocenters. The van der Waals surface area contributed by atoms with E-state index >= 15 is 0 Å². The Labute approximate surface area is 171 Å². The Morgan fingerprint density at radius 3 is 2.69 bits per heavy atom. The minimum absolute atomic E-state index is 0.0296. The number of fused-ring (bicyclic) bond motifs is 1. The van der Waals surface area contributed by atoms with Crippen LogP contribution in [0.1, 0.15) is 84.5 Å². The second kappa shape index (κ2) is 7.90. The molecule has 3 heterocycles. The summed E-state index contributed by atoms with van der Waals surface area (Å²) in [7, 11) is 0. The molecule has 0 bridgehead atoms. The van der Waals surface area contributed by atoms with Crippen LogP contribution in [0.4, 0.5) is 0 Å². The van der Waals surface area contributed by atoms with E-state index in [0.29, 0.717) is 35.9 Å². The Bertz CT molecular complexity index is 1070. The molecule has 1 unspecified atom stereocenters. The molecule has 1 fully saturated rings. The third-order valence-electron chi connectivity index (χ3n) is 6.15. The van der Waals surface area contributed by atoms with E-state index < -0.39 is 0 Å². The predicted molar refractivity (Wildman–Crippen MR) is 113 cm³/mol. The summed E-state index contributed by atoms with van der Waals surface area (Å²) in [5, 5.41) is 1.10. The van der Waals surface area contributed by atoms with Crippen molar-refractivity contribution in [1.29, 1.82) is 0 Å². The maximum atomic E-state index is 12.9. The van der Waals surface area contributed by atoms with Crippen molar-refractivity contribution in [2.75, 3.05) is 0 Å². The fraction of sp³-hybridized carbons (Fsp3) is 0.417. The minimum Gasteiger partial charge on any atom is -0.360 e. The molecule has 5 nitrogen and oxygen atoms in total. The first-order valence-electron chi connectivity index (χ1n) is 10.5. The Morgan fingerprint density at radius 2 is 2.00 bits per heavy atom. The van der Waals surface area contributed by atoms with Gasteiger partial charge in [0.2, 0.25) is 0 Å². The normalized spacial score (nSPS) is 19.3. The summed E-state index contributed by atoms with van der Waals surface area (Å²) in [6.45, 7) is 6.10. The first-order valence-corrected chi connectivity index (χ1v) is 10.5. The van der Waals surface area contributed by atoms with Crippen molar-refractivity contribution in [2.45, 2.75) is 52.4 Å². The minimum atomic E-state index is -0.0338. The molecule has 3 aromatic rings. The number of rotatable bonds is 8. The van der Waals surface area contributed by atoms with Crippen molar-refractivity contribution in [3.8, 4) is 0 Å². The van der Waals surface area contributed by atoms with Gasteiger partial charge in [0.25, 0.3) is 0 Å². The monoisotopic (exact) mass is 389 g/mol. The van der Waals surface area contributed by atoms with Crippen LogP contribution in [0.15, 0.2) is 36.8 Å². The average Bonchev–Trinajstić information content (AvgIpc) is 3.21. The van der Waals surface area contributed by atoms with Crippen LogP contribution in [0, 0.1) is 11.8 Å². The van der Waals surface area contributed by atoms with E-state index in [1.165, 1.54) is 0 Å². The Hall–Kier alpha value is -2.82. The summed E-state index contributed by atoms with van der Waals surface area (Å²) < 4.78 is 0. The second-order valence-electron chi connectivity index (χ2n) is 8.17. The summed E-state index contributed by atoms with van der Waals surface area (Å²) in [6, 6.07) is 5.62. The molecule has 1 N–H and O–H groups in total. The maximum Gasteiger partial charge on any atom is 0.180 e. The van der Waals surface area contributed by atoms with Crippen molar-refractivity contribution in [3.63, 3.8) is 0 Å². The quantitative estimate of drug-likeness (QED) is 0.529. The molecule has 29 heavy (non-hydrogen) atoms. The van der Waals surface area contributed by atoms with Crippen molar-refractivity contribution in [1.82, 2.24) is 15.0 Å². The van der Waals surface area contributed by atoms with Gasteiger partial charge in [0.05, 0.1) is 11.7 Å². The van der Waals surface area contributed by atoms with Crippen LogP contribution in [-0.2, 0) is 0 Å². The summed E-state index contributed by atoms with van der Waals surface area (Å²) in [5.74, 6) is 1.15. The number of pyridine rings is 2. The largest absolute Gasteiger partial charge is 0.360 e. The van der Waals surface area contributed by atoms with Crippen molar-refractivity contribution < 1.29 is 9.59 Å². The lowest BCUT2D eigenvalue weighted by molar-refractivity contribution is 0.0974. The smallest absolute Gasteiger partial charge is 0.180 e. The highest BCUT2D eigenvalue weighted by Crippen LogP contribution is 2.41. The van der Waals surface area contributed by atoms with E-state index in [0.717, 1.165) is 35.0 Å². The molecule has 1 aliphatic carbocycles. The third kappa shape index (κ3) is 3.86. The molecule has 0 amide bonds. The zero-order chi connectivity index (χ0) is 20.5. The summed E-state index contributed by atoms with van der Waals surface area (Å²) >= 11 is 0. The Morgan fingerprint density at radius 1 is 1.21 bits per heavy atom. The number of hydrogen-bond donors (Lipinski definition) is 1. The van der Waals surface area contributed by atoms with E-state index in [1.807, 2.05) is 37.6 Å². The molecule has 0 aromatic carbocycles. The molecule has 1 saturated carbocycles. The zero-order valence-corrected chi connectivity index (χ0v) is 17.2. The zero-order valence-electron chi connectivity index (χ0n) is 17.2. The van der Waals surface area contributed by atoms with Crippen LogP contribution in [0.3, 0.4) is 0 Å². The Kier molecular flexibility index (Phi) is 5.31. The lowest BCUT2D eigenvalue weighted by Gasteiger charge is -2.18. The van der Waals surface area contributed by atoms with Gasteiger partial charge in [0.15, 0.2) is 11.6 Å². The van der Waals surface area contributed by atoms with E-state index in [-0.39, 0.29) is 17.5 Å². The number of Topliss-reactive ketones (excluding diaryl/α,β-unsaturated/α-hetero) is 2. The molecule has 5 heteroatoms.